The molecule has 0 fully saturated rings. The summed E-state index contributed by atoms with van der Waals surface area (Å²) in [5.41, 5.74) is 3.69. The number of fused-ring (bicyclic) bond motifs is 1. The minimum atomic E-state index is -1.14. The molecule has 2 aromatic heterocycles. The summed E-state index contributed by atoms with van der Waals surface area (Å²) in [5.74, 6) is 0.894. The highest BCUT2D eigenvalue weighted by atomic mass is 19.1. The Labute approximate surface area is 254 Å². The second-order valence-corrected chi connectivity index (χ2v) is 10.5. The van der Waals surface area contributed by atoms with Gasteiger partial charge in [-0.1, -0.05) is 115 Å². The number of aliphatic hydroxyl groups is 1. The van der Waals surface area contributed by atoms with Crippen LogP contribution in [0.25, 0.3) is 10.9 Å². The summed E-state index contributed by atoms with van der Waals surface area (Å²) < 4.78 is 15.7. The molecule has 2 N–H and O–H groups in total. The molecule has 0 saturated heterocycles. The Hall–Kier alpha value is -5.66. The average molecular weight is 578 g/mol. The number of nitrogens with zero attached hydrogens (tertiary/aromatic N) is 4. The van der Waals surface area contributed by atoms with Crippen LogP contribution in [-0.4, -0.2) is 24.6 Å². The summed E-state index contributed by atoms with van der Waals surface area (Å²) in [4.78, 5) is 14.1. The number of hydrogen-bond donors (Lipinski definition) is 2. The number of benzene rings is 5. The first-order chi connectivity index (χ1) is 21.6. The number of halogens is 1. The quantitative estimate of drug-likeness (QED) is 0.182. The highest BCUT2D eigenvalue weighted by Crippen LogP contribution is 2.41. The number of anilines is 2. The van der Waals surface area contributed by atoms with Gasteiger partial charge in [-0.3, -0.25) is 0 Å². The first-order valence-corrected chi connectivity index (χ1v) is 14.3. The topological polar surface area (TPSA) is 75.9 Å². The maximum absolute atomic E-state index is 13.5. The van der Waals surface area contributed by atoms with Crippen molar-refractivity contribution in [2.24, 2.45) is 0 Å². The third kappa shape index (κ3) is 4.89. The van der Waals surface area contributed by atoms with Gasteiger partial charge in [-0.25, -0.2) is 19.3 Å². The van der Waals surface area contributed by atoms with Crippen LogP contribution in [0.1, 0.15) is 34.2 Å². The number of nitrogens with one attached hydrogen (secondary N) is 1. The Balaban J connectivity index is 1.35. The van der Waals surface area contributed by atoms with Crippen LogP contribution < -0.4 is 5.32 Å². The van der Waals surface area contributed by atoms with E-state index >= 15 is 0 Å². The van der Waals surface area contributed by atoms with E-state index < -0.39 is 11.6 Å². The van der Waals surface area contributed by atoms with E-state index in [0.717, 1.165) is 22.1 Å². The highest BCUT2D eigenvalue weighted by molar-refractivity contribution is 5.90. The van der Waals surface area contributed by atoms with E-state index in [1.807, 2.05) is 91.4 Å². The zero-order valence-corrected chi connectivity index (χ0v) is 23.6. The van der Waals surface area contributed by atoms with E-state index in [2.05, 4.69) is 51.3 Å². The van der Waals surface area contributed by atoms with Crippen LogP contribution in [0.4, 0.5) is 16.0 Å². The summed E-state index contributed by atoms with van der Waals surface area (Å²) in [7, 11) is 0. The summed E-state index contributed by atoms with van der Waals surface area (Å²) in [6.07, 6.45) is 2.66. The number of aromatic nitrogens is 4. The molecule has 0 spiro atoms. The van der Waals surface area contributed by atoms with Crippen LogP contribution in [0.2, 0.25) is 0 Å². The molecule has 0 amide bonds. The van der Waals surface area contributed by atoms with Crippen LogP contribution in [-0.2, 0) is 5.54 Å². The molecule has 7 heteroatoms. The number of aliphatic hydroxyl groups excluding tert-OH is 1. The molecular formula is C37H28FN5O. The zero-order chi connectivity index (χ0) is 29.9. The van der Waals surface area contributed by atoms with Crippen molar-refractivity contribution in [3.8, 4) is 0 Å². The highest BCUT2D eigenvalue weighted by Gasteiger charge is 2.38. The van der Waals surface area contributed by atoms with E-state index in [1.54, 1.807) is 0 Å². The van der Waals surface area contributed by atoms with Crippen LogP contribution in [0, 0.1) is 5.82 Å². The predicted molar refractivity (Wildman–Crippen MR) is 170 cm³/mol. The van der Waals surface area contributed by atoms with Crippen molar-refractivity contribution in [1.82, 2.24) is 19.5 Å². The van der Waals surface area contributed by atoms with Gasteiger partial charge in [0.15, 0.2) is 5.82 Å². The molecule has 0 aliphatic rings. The van der Waals surface area contributed by atoms with Crippen molar-refractivity contribution in [3.05, 3.63) is 186 Å². The van der Waals surface area contributed by atoms with Crippen molar-refractivity contribution in [3.63, 3.8) is 0 Å². The third-order valence-corrected chi connectivity index (χ3v) is 7.84. The normalized spacial score (nSPS) is 12.2. The molecule has 7 aromatic rings. The fourth-order valence-electron chi connectivity index (χ4n) is 5.78. The Morgan fingerprint density at radius 1 is 0.659 bits per heavy atom. The molecular weight excluding hydrogens is 549 g/mol. The van der Waals surface area contributed by atoms with Crippen LogP contribution in [0.15, 0.2) is 152 Å². The fourth-order valence-corrected chi connectivity index (χ4v) is 5.78. The van der Waals surface area contributed by atoms with Gasteiger partial charge in [0.2, 0.25) is 0 Å². The van der Waals surface area contributed by atoms with Crippen molar-refractivity contribution < 1.29 is 9.50 Å². The van der Waals surface area contributed by atoms with Gasteiger partial charge in [0.25, 0.3) is 0 Å². The van der Waals surface area contributed by atoms with Crippen LogP contribution >= 0.6 is 0 Å². The molecule has 0 aliphatic heterocycles. The van der Waals surface area contributed by atoms with Crippen molar-refractivity contribution in [2.45, 2.75) is 11.6 Å². The van der Waals surface area contributed by atoms with Crippen LogP contribution in [0.5, 0.6) is 0 Å². The average Bonchev–Trinajstić information content (AvgIpc) is 3.55. The zero-order valence-electron chi connectivity index (χ0n) is 23.6. The number of para-hydroxylation sites is 1. The van der Waals surface area contributed by atoms with Crippen molar-refractivity contribution in [2.75, 3.05) is 5.32 Å². The van der Waals surface area contributed by atoms with Crippen molar-refractivity contribution >= 4 is 22.5 Å². The third-order valence-electron chi connectivity index (χ3n) is 7.84. The Morgan fingerprint density at radius 2 is 1.20 bits per heavy atom. The fraction of sp³-hybridized carbons (Fsp3) is 0.0541. The van der Waals surface area contributed by atoms with Crippen LogP contribution in [0.3, 0.4) is 0 Å². The molecule has 2 heterocycles. The smallest absolute Gasteiger partial charge is 0.164 e. The largest absolute Gasteiger partial charge is 0.380 e. The lowest BCUT2D eigenvalue weighted by molar-refractivity contribution is 0.210. The first kappa shape index (κ1) is 27.2. The summed E-state index contributed by atoms with van der Waals surface area (Å²) in [6, 6.07) is 44.4. The van der Waals surface area contributed by atoms with E-state index in [1.165, 1.54) is 24.3 Å². The maximum atomic E-state index is 13.5. The summed E-state index contributed by atoms with van der Waals surface area (Å²) in [5, 5.41) is 15.3. The lowest BCUT2D eigenvalue weighted by atomic mass is 9.77. The Kier molecular flexibility index (Phi) is 7.14. The second-order valence-electron chi connectivity index (χ2n) is 10.5. The SMILES string of the molecule is O[C@@H](c1ccc(F)cc1)c1nc(Nc2cn(C(c3ccccc3)(c3ccccc3)c3ccccc3)cn2)c2ccccc2n1. The molecule has 7 rings (SSSR count). The van der Waals surface area contributed by atoms with Crippen molar-refractivity contribution in [1.29, 1.82) is 0 Å². The summed E-state index contributed by atoms with van der Waals surface area (Å²) >= 11 is 0. The van der Waals surface area contributed by atoms with Gasteiger partial charge in [-0.2, -0.15) is 0 Å². The molecule has 1 atom stereocenters. The number of hydrogen-bond acceptors (Lipinski definition) is 5. The van der Waals surface area contributed by atoms with E-state index in [4.69, 9.17) is 9.97 Å². The Bertz CT molecular complexity index is 1920. The molecule has 6 nitrogen and oxygen atoms in total. The summed E-state index contributed by atoms with van der Waals surface area (Å²) in [6.45, 7) is 0. The number of rotatable bonds is 8. The monoisotopic (exact) mass is 577 g/mol. The van der Waals surface area contributed by atoms with Gasteiger partial charge in [0.05, 0.1) is 11.8 Å². The molecule has 0 bridgehead atoms. The molecule has 5 aromatic carbocycles. The molecule has 0 unspecified atom stereocenters. The minimum absolute atomic E-state index is 0.199. The lowest BCUT2D eigenvalue weighted by Gasteiger charge is -2.37. The predicted octanol–water partition coefficient (Wildman–Crippen LogP) is 7.63. The molecule has 44 heavy (non-hydrogen) atoms. The molecule has 214 valence electrons. The minimum Gasteiger partial charge on any atom is -0.380 e. The lowest BCUT2D eigenvalue weighted by Crippen LogP contribution is -2.36. The van der Waals surface area contributed by atoms with E-state index in [9.17, 15) is 9.50 Å². The Morgan fingerprint density at radius 3 is 1.80 bits per heavy atom. The van der Waals surface area contributed by atoms with E-state index in [-0.39, 0.29) is 11.6 Å². The number of imidazole rings is 1. The molecule has 0 saturated carbocycles. The molecule has 0 radical (unpaired) electrons. The van der Waals surface area contributed by atoms with Gasteiger partial charge in [0.1, 0.15) is 29.1 Å². The van der Waals surface area contributed by atoms with Gasteiger partial charge >= 0.3 is 0 Å². The van der Waals surface area contributed by atoms with Gasteiger partial charge in [-0.15, -0.1) is 0 Å². The maximum Gasteiger partial charge on any atom is 0.164 e. The van der Waals surface area contributed by atoms with E-state index in [0.29, 0.717) is 22.7 Å². The van der Waals surface area contributed by atoms with Gasteiger partial charge in [0, 0.05) is 11.6 Å². The molecule has 0 aliphatic carbocycles. The van der Waals surface area contributed by atoms with Gasteiger partial charge in [-0.05, 0) is 46.5 Å². The first-order valence-electron chi connectivity index (χ1n) is 14.3. The van der Waals surface area contributed by atoms with Gasteiger partial charge < -0.3 is 15.0 Å². The second kappa shape index (κ2) is 11.6. The standard InChI is InChI=1S/C37H28FN5O/c38-30-22-20-26(21-23-30)34(44)36-40-32-19-11-10-18-31(32)35(42-36)41-33-24-43(25-39-33)37(27-12-4-1-5-13-27,28-14-6-2-7-15-28)29-16-8-3-9-17-29/h1-25,34,44H,(H,40,41,42)/t34-/m0/s1.